The Hall–Kier alpha value is -4.53. The molecule has 4 aromatic rings. The lowest BCUT2D eigenvalue weighted by atomic mass is 9.95. The molecule has 0 unspecified atom stereocenters. The summed E-state index contributed by atoms with van der Waals surface area (Å²) in [5.74, 6) is -1.92. The van der Waals surface area contributed by atoms with Gasteiger partial charge in [0, 0.05) is 36.4 Å². The summed E-state index contributed by atoms with van der Waals surface area (Å²) in [6, 6.07) is 10.9. The first-order chi connectivity index (χ1) is 21.7. The Morgan fingerprint density at radius 2 is 2.04 bits per heavy atom. The first kappa shape index (κ1) is 30.5. The van der Waals surface area contributed by atoms with Crippen LogP contribution in [0.15, 0.2) is 49.1 Å². The number of hydrogen-bond acceptors (Lipinski definition) is 8. The molecule has 1 N–H and O–H groups in total. The van der Waals surface area contributed by atoms with Crippen LogP contribution in [0.2, 0.25) is 5.02 Å². The van der Waals surface area contributed by atoms with Crippen molar-refractivity contribution in [1.29, 1.82) is 5.26 Å². The summed E-state index contributed by atoms with van der Waals surface area (Å²) >= 11 is 6.36. The molecular formula is C33H31ClF2N6O3. The monoisotopic (exact) mass is 632 g/mol. The number of amides is 1. The second-order valence-electron chi connectivity index (χ2n) is 11.4. The van der Waals surface area contributed by atoms with Crippen molar-refractivity contribution in [2.45, 2.75) is 31.3 Å². The minimum Gasteiger partial charge on any atom is -0.507 e. The minimum atomic E-state index is -0.849. The number of likely N-dealkylation sites (N-methyl/N-ethyl adjacent to an activating group) is 1. The minimum absolute atomic E-state index is 0.0447. The lowest BCUT2D eigenvalue weighted by molar-refractivity contribution is -0.128. The molecule has 2 aliphatic heterocycles. The summed E-state index contributed by atoms with van der Waals surface area (Å²) in [5, 5.41) is 21.7. The van der Waals surface area contributed by atoms with E-state index in [2.05, 4.69) is 27.5 Å². The van der Waals surface area contributed by atoms with Crippen LogP contribution in [-0.2, 0) is 4.79 Å². The van der Waals surface area contributed by atoms with Gasteiger partial charge in [-0.3, -0.25) is 4.79 Å². The van der Waals surface area contributed by atoms with Crippen LogP contribution in [0.4, 0.5) is 14.6 Å². The van der Waals surface area contributed by atoms with Crippen molar-refractivity contribution in [3.63, 3.8) is 0 Å². The third-order valence-electron chi connectivity index (χ3n) is 8.72. The van der Waals surface area contributed by atoms with Crippen molar-refractivity contribution >= 4 is 45.0 Å². The molecule has 0 bridgehead atoms. The van der Waals surface area contributed by atoms with Crippen molar-refractivity contribution < 1.29 is 23.4 Å². The molecule has 2 saturated heterocycles. The van der Waals surface area contributed by atoms with Gasteiger partial charge in [-0.1, -0.05) is 42.4 Å². The predicted molar refractivity (Wildman–Crippen MR) is 168 cm³/mol. The predicted octanol–water partition coefficient (Wildman–Crippen LogP) is 5.68. The van der Waals surface area contributed by atoms with Gasteiger partial charge in [0.15, 0.2) is 5.82 Å². The number of nitrogens with zero attached hydrogens (tertiary/aromatic N) is 6. The number of aromatic hydroxyl groups is 1. The van der Waals surface area contributed by atoms with Crippen LogP contribution in [0, 0.1) is 23.0 Å². The fraction of sp³-hybridized carbons (Fsp3) is 0.333. The van der Waals surface area contributed by atoms with E-state index >= 15 is 4.39 Å². The Kier molecular flexibility index (Phi) is 8.44. The molecular weight excluding hydrogens is 602 g/mol. The molecule has 45 heavy (non-hydrogen) atoms. The summed E-state index contributed by atoms with van der Waals surface area (Å²) in [5.41, 5.74) is -0.0845. The maximum atomic E-state index is 16.7. The van der Waals surface area contributed by atoms with E-state index in [-0.39, 0.29) is 69.9 Å². The van der Waals surface area contributed by atoms with Crippen LogP contribution in [0.1, 0.15) is 19.3 Å². The molecule has 2 atom stereocenters. The number of phenolic OH excluding ortho intramolecular Hbond substituents is 1. The highest BCUT2D eigenvalue weighted by atomic mass is 35.5. The molecule has 9 nitrogen and oxygen atoms in total. The van der Waals surface area contributed by atoms with Crippen molar-refractivity contribution in [2.75, 3.05) is 44.7 Å². The maximum absolute atomic E-state index is 16.7. The number of nitriles is 1. The molecule has 1 amide bonds. The number of benzene rings is 3. The number of phenols is 1. The number of halogens is 3. The van der Waals surface area contributed by atoms with Crippen molar-refractivity contribution in [1.82, 2.24) is 19.8 Å². The quantitative estimate of drug-likeness (QED) is 0.260. The van der Waals surface area contributed by atoms with Gasteiger partial charge in [-0.15, -0.1) is 0 Å². The molecule has 3 heterocycles. The summed E-state index contributed by atoms with van der Waals surface area (Å²) in [6.45, 7) is 5.64. The highest BCUT2D eigenvalue weighted by Crippen LogP contribution is 2.44. The number of hydrogen-bond donors (Lipinski definition) is 1. The number of rotatable bonds is 7. The molecule has 12 heteroatoms. The second-order valence-corrected chi connectivity index (χ2v) is 11.7. The number of aromatic nitrogens is 2. The fourth-order valence-corrected chi connectivity index (χ4v) is 6.63. The molecule has 232 valence electrons. The van der Waals surface area contributed by atoms with Crippen LogP contribution in [-0.4, -0.2) is 82.7 Å². The number of piperazine rings is 1. The second kappa shape index (κ2) is 12.5. The van der Waals surface area contributed by atoms with Gasteiger partial charge < -0.3 is 24.5 Å². The summed E-state index contributed by atoms with van der Waals surface area (Å²) in [6.07, 6.45) is 3.26. The topological polar surface area (TPSA) is 106 Å². The van der Waals surface area contributed by atoms with Gasteiger partial charge in [-0.25, -0.2) is 8.78 Å². The first-order valence-corrected chi connectivity index (χ1v) is 15.1. The van der Waals surface area contributed by atoms with Crippen LogP contribution >= 0.6 is 11.6 Å². The standard InChI is InChI=1S/C33H31ClF2N6O3/c1-3-26(44)42-15-14-41(17-20(42)11-12-37)32-23-16-25(43)28(22-8-4-6-19-9-10-24(35)29(34)27(19)22)30(36)31(23)38-33(39-32)45-18-21-7-5-13-40(21)2/h3-4,6,8-10,16,20-21,43H,1,5,7,11,13-15,17-18H2,2H3/t20-,21-/m0/s1. The Bertz CT molecular complexity index is 1860. The molecule has 0 aliphatic carbocycles. The summed E-state index contributed by atoms with van der Waals surface area (Å²) in [4.78, 5) is 27.3. The van der Waals surface area contributed by atoms with Crippen molar-refractivity contribution in [3.8, 4) is 29.0 Å². The van der Waals surface area contributed by atoms with Crippen LogP contribution < -0.4 is 9.64 Å². The van der Waals surface area contributed by atoms with Gasteiger partial charge >= 0.3 is 6.01 Å². The fourth-order valence-electron chi connectivity index (χ4n) is 6.35. The lowest BCUT2D eigenvalue weighted by Gasteiger charge is -2.41. The van der Waals surface area contributed by atoms with E-state index in [1.54, 1.807) is 23.1 Å². The first-order valence-electron chi connectivity index (χ1n) is 14.7. The largest absolute Gasteiger partial charge is 0.507 e. The van der Waals surface area contributed by atoms with E-state index in [0.717, 1.165) is 19.4 Å². The van der Waals surface area contributed by atoms with Gasteiger partial charge in [0.2, 0.25) is 5.91 Å². The van der Waals surface area contributed by atoms with Gasteiger partial charge in [-0.2, -0.15) is 15.2 Å². The zero-order valence-corrected chi connectivity index (χ0v) is 25.4. The van der Waals surface area contributed by atoms with Crippen molar-refractivity contribution in [3.05, 3.63) is 65.7 Å². The smallest absolute Gasteiger partial charge is 0.319 e. The molecule has 0 radical (unpaired) electrons. The third-order valence-corrected chi connectivity index (χ3v) is 9.09. The van der Waals surface area contributed by atoms with Gasteiger partial charge in [0.25, 0.3) is 0 Å². The molecule has 0 saturated carbocycles. The molecule has 6 rings (SSSR count). The zero-order chi connectivity index (χ0) is 31.8. The number of carbonyl (C=O) groups excluding carboxylic acids is 1. The van der Waals surface area contributed by atoms with E-state index in [1.807, 2.05) is 11.9 Å². The third kappa shape index (κ3) is 5.60. The highest BCUT2D eigenvalue weighted by molar-refractivity contribution is 6.37. The van der Waals surface area contributed by atoms with Crippen LogP contribution in [0.5, 0.6) is 11.8 Å². The molecule has 1 aromatic heterocycles. The number of likely N-dealkylation sites (tertiary alicyclic amines) is 1. The van der Waals surface area contributed by atoms with Gasteiger partial charge in [0.05, 0.1) is 29.1 Å². The van der Waals surface area contributed by atoms with E-state index in [1.165, 1.54) is 24.3 Å². The Morgan fingerprint density at radius 1 is 1.22 bits per heavy atom. The Labute approximate surface area is 263 Å². The number of carbonyl (C=O) groups is 1. The SMILES string of the molecule is C=CC(=O)N1CCN(c2nc(OC[C@@H]3CCCN3C)nc3c(F)c(-c4cccc5ccc(F)c(Cl)c45)c(O)cc23)C[C@@H]1CC#N. The van der Waals surface area contributed by atoms with Crippen molar-refractivity contribution in [2.24, 2.45) is 0 Å². The molecule has 2 aliphatic rings. The normalized spacial score (nSPS) is 18.8. The van der Waals surface area contributed by atoms with E-state index in [0.29, 0.717) is 24.4 Å². The number of ether oxygens (including phenoxy) is 1. The van der Waals surface area contributed by atoms with Crippen LogP contribution in [0.25, 0.3) is 32.8 Å². The Morgan fingerprint density at radius 3 is 2.78 bits per heavy atom. The lowest BCUT2D eigenvalue weighted by Crippen LogP contribution is -2.55. The number of fused-ring (bicyclic) bond motifs is 2. The average molecular weight is 633 g/mol. The maximum Gasteiger partial charge on any atom is 0.319 e. The zero-order valence-electron chi connectivity index (χ0n) is 24.6. The summed E-state index contributed by atoms with van der Waals surface area (Å²) < 4.78 is 37.4. The molecule has 0 spiro atoms. The molecule has 2 fully saturated rings. The van der Waals surface area contributed by atoms with E-state index in [4.69, 9.17) is 16.3 Å². The van der Waals surface area contributed by atoms with Gasteiger partial charge in [-0.05, 0) is 55.6 Å². The van der Waals surface area contributed by atoms with Gasteiger partial charge in [0.1, 0.15) is 29.5 Å². The van der Waals surface area contributed by atoms with Crippen LogP contribution in [0.3, 0.4) is 0 Å². The van der Waals surface area contributed by atoms with E-state index < -0.39 is 23.4 Å². The highest BCUT2D eigenvalue weighted by Gasteiger charge is 2.32. The van der Waals surface area contributed by atoms with E-state index in [9.17, 15) is 19.6 Å². The average Bonchev–Trinajstić information content (AvgIpc) is 3.45. The Balaban J connectivity index is 1.51. The molecule has 3 aromatic carbocycles. The summed E-state index contributed by atoms with van der Waals surface area (Å²) in [7, 11) is 2.01. The number of anilines is 1.